The number of aromatic hydroxyl groups is 1. The number of hydrogen-bond donors (Lipinski definition) is 4. The topological polar surface area (TPSA) is 89.8 Å². The second-order valence-corrected chi connectivity index (χ2v) is 8.52. The smallest absolute Gasteiger partial charge is 0.130 e. The number of piperazine rings is 1. The van der Waals surface area contributed by atoms with Gasteiger partial charge in [-0.15, -0.1) is 0 Å². The highest BCUT2D eigenvalue weighted by Gasteiger charge is 2.17. The fourth-order valence-electron chi connectivity index (χ4n) is 4.44. The zero-order valence-electron chi connectivity index (χ0n) is 18.9. The van der Waals surface area contributed by atoms with E-state index < -0.39 is 0 Å². The molecule has 7 nitrogen and oxygen atoms in total. The normalized spacial score (nSPS) is 14.5. The summed E-state index contributed by atoms with van der Waals surface area (Å²) in [6, 6.07) is 19.5. The minimum absolute atomic E-state index is 0.164. The maximum Gasteiger partial charge on any atom is 0.130 e. The lowest BCUT2D eigenvalue weighted by atomic mass is 10.0. The molecule has 1 aliphatic rings. The molecular weight excluding hydrogens is 414 g/mol. The molecule has 1 aromatic heterocycles. The fourth-order valence-corrected chi connectivity index (χ4v) is 4.44. The summed E-state index contributed by atoms with van der Waals surface area (Å²) in [4.78, 5) is 8.29. The van der Waals surface area contributed by atoms with Crippen molar-refractivity contribution in [3.05, 3.63) is 60.7 Å². The molecule has 0 saturated carbocycles. The third-order valence-corrected chi connectivity index (χ3v) is 6.30. The maximum absolute atomic E-state index is 9.73. The van der Waals surface area contributed by atoms with Gasteiger partial charge in [0.2, 0.25) is 0 Å². The second-order valence-electron chi connectivity index (χ2n) is 8.52. The molecule has 7 heteroatoms. The van der Waals surface area contributed by atoms with Gasteiger partial charge in [-0.2, -0.15) is 0 Å². The Balaban J connectivity index is 1.42. The van der Waals surface area contributed by atoms with Crippen molar-refractivity contribution in [2.45, 2.75) is 0 Å². The van der Waals surface area contributed by atoms with Gasteiger partial charge in [-0.1, -0.05) is 12.1 Å². The number of nitrogens with two attached hydrogens (primary N) is 1. The van der Waals surface area contributed by atoms with Crippen LogP contribution in [-0.2, 0) is 0 Å². The van der Waals surface area contributed by atoms with E-state index in [9.17, 15) is 5.11 Å². The molecule has 1 aliphatic heterocycles. The largest absolute Gasteiger partial charge is 0.508 e. The number of ether oxygens (including phenoxy) is 1. The van der Waals surface area contributed by atoms with Crippen molar-refractivity contribution in [2.75, 3.05) is 56.3 Å². The van der Waals surface area contributed by atoms with Crippen molar-refractivity contribution >= 4 is 33.8 Å². The number of aromatic amines is 1. The molecule has 0 aliphatic carbocycles. The summed E-state index contributed by atoms with van der Waals surface area (Å²) in [6.07, 6.45) is 0. The van der Waals surface area contributed by atoms with Crippen LogP contribution in [0.1, 0.15) is 0 Å². The van der Waals surface area contributed by atoms with Crippen LogP contribution < -0.4 is 20.7 Å². The van der Waals surface area contributed by atoms with E-state index >= 15 is 0 Å². The van der Waals surface area contributed by atoms with E-state index in [0.29, 0.717) is 11.4 Å². The van der Waals surface area contributed by atoms with Crippen LogP contribution in [0.5, 0.6) is 11.5 Å². The van der Waals surface area contributed by atoms with Crippen LogP contribution in [0, 0.1) is 0 Å². The quantitative estimate of drug-likeness (QED) is 0.337. The number of nitrogens with one attached hydrogen (secondary N) is 2. The van der Waals surface area contributed by atoms with E-state index in [0.717, 1.165) is 54.3 Å². The lowest BCUT2D eigenvalue weighted by molar-refractivity contribution is 0.313. The Morgan fingerprint density at radius 1 is 1.00 bits per heavy atom. The van der Waals surface area contributed by atoms with Gasteiger partial charge in [0.05, 0.1) is 18.5 Å². The van der Waals surface area contributed by atoms with Gasteiger partial charge in [0.25, 0.3) is 0 Å². The molecule has 3 aromatic carbocycles. The zero-order chi connectivity index (χ0) is 22.9. The first kappa shape index (κ1) is 21.0. The molecule has 5 rings (SSSR count). The SMILES string of the molecule is COc1cc(O)ccc1-c1ccc(Nc2cc3c(N4CCN(C)CC4)cccc3[nH]2)c(N)c1. The van der Waals surface area contributed by atoms with E-state index in [-0.39, 0.29) is 5.75 Å². The van der Waals surface area contributed by atoms with Crippen LogP contribution in [-0.4, -0.2) is 55.3 Å². The standard InChI is InChI=1S/C26H29N5O2/c1-30-10-12-31(13-11-30)24-5-3-4-22-20(24)16-26(28-22)29-23-9-6-17(14-21(23)27)19-8-7-18(32)15-25(19)33-2/h3-9,14-16,28-29,32H,10-13,27H2,1-2H3. The number of nitrogen functional groups attached to an aromatic ring is 1. The minimum atomic E-state index is 0.164. The summed E-state index contributed by atoms with van der Waals surface area (Å²) >= 11 is 0. The summed E-state index contributed by atoms with van der Waals surface area (Å²) in [5.41, 5.74) is 12.0. The molecule has 0 unspecified atom stereocenters. The first-order valence-corrected chi connectivity index (χ1v) is 11.1. The molecule has 170 valence electrons. The van der Waals surface area contributed by atoms with E-state index in [1.165, 1.54) is 11.1 Å². The van der Waals surface area contributed by atoms with Gasteiger partial charge in [-0.25, -0.2) is 0 Å². The summed E-state index contributed by atoms with van der Waals surface area (Å²) in [5, 5.41) is 14.4. The average molecular weight is 444 g/mol. The Bertz CT molecular complexity index is 1290. The van der Waals surface area contributed by atoms with E-state index in [1.54, 1.807) is 19.2 Å². The Morgan fingerprint density at radius 3 is 2.58 bits per heavy atom. The van der Waals surface area contributed by atoms with Gasteiger partial charge in [0.1, 0.15) is 17.3 Å². The van der Waals surface area contributed by atoms with Gasteiger partial charge in [-0.05, 0) is 55.1 Å². The zero-order valence-corrected chi connectivity index (χ0v) is 18.9. The Morgan fingerprint density at radius 2 is 1.82 bits per heavy atom. The number of phenolic OH excluding ortho intramolecular Hbond substituents is 1. The first-order valence-electron chi connectivity index (χ1n) is 11.1. The van der Waals surface area contributed by atoms with E-state index in [4.69, 9.17) is 10.5 Å². The number of phenols is 1. The first-order chi connectivity index (χ1) is 16.0. The molecule has 5 N–H and O–H groups in total. The summed E-state index contributed by atoms with van der Waals surface area (Å²) in [5.74, 6) is 1.66. The van der Waals surface area contributed by atoms with Crippen LogP contribution in [0.15, 0.2) is 60.7 Å². The Labute approximate surface area is 193 Å². The van der Waals surface area contributed by atoms with Crippen molar-refractivity contribution in [2.24, 2.45) is 0 Å². The van der Waals surface area contributed by atoms with Gasteiger partial charge in [0, 0.05) is 54.4 Å². The molecule has 0 amide bonds. The Hall–Kier alpha value is -3.84. The van der Waals surface area contributed by atoms with Gasteiger partial charge in [0.15, 0.2) is 0 Å². The predicted octanol–water partition coefficient (Wildman–Crippen LogP) is 4.63. The number of hydrogen-bond acceptors (Lipinski definition) is 6. The van der Waals surface area contributed by atoms with Gasteiger partial charge < -0.3 is 35.7 Å². The molecule has 1 saturated heterocycles. The van der Waals surface area contributed by atoms with Crippen LogP contribution in [0.25, 0.3) is 22.0 Å². The Kier molecular flexibility index (Phi) is 5.48. The third-order valence-electron chi connectivity index (χ3n) is 6.30. The van der Waals surface area contributed by atoms with Crippen molar-refractivity contribution in [1.29, 1.82) is 0 Å². The van der Waals surface area contributed by atoms with Crippen LogP contribution in [0.3, 0.4) is 0 Å². The number of H-pyrrole nitrogens is 1. The number of anilines is 4. The predicted molar refractivity (Wildman–Crippen MR) is 136 cm³/mol. The molecule has 2 heterocycles. The van der Waals surface area contributed by atoms with Crippen molar-refractivity contribution < 1.29 is 9.84 Å². The average Bonchev–Trinajstić information content (AvgIpc) is 3.23. The van der Waals surface area contributed by atoms with Gasteiger partial charge >= 0.3 is 0 Å². The second kappa shape index (κ2) is 8.60. The fraction of sp³-hybridized carbons (Fsp3) is 0.231. The number of likely N-dealkylation sites (N-methyl/N-ethyl adjacent to an activating group) is 1. The highest BCUT2D eigenvalue weighted by atomic mass is 16.5. The number of benzene rings is 3. The number of methoxy groups -OCH3 is 1. The lowest BCUT2D eigenvalue weighted by Crippen LogP contribution is -2.44. The summed E-state index contributed by atoms with van der Waals surface area (Å²) < 4.78 is 5.42. The number of fused-ring (bicyclic) bond motifs is 1. The third kappa shape index (κ3) is 4.15. The molecule has 0 atom stereocenters. The van der Waals surface area contributed by atoms with Crippen molar-refractivity contribution in [3.8, 4) is 22.6 Å². The van der Waals surface area contributed by atoms with Gasteiger partial charge in [-0.3, -0.25) is 0 Å². The highest BCUT2D eigenvalue weighted by molar-refractivity contribution is 5.96. The molecule has 0 bridgehead atoms. The van der Waals surface area contributed by atoms with E-state index in [1.807, 2.05) is 24.3 Å². The summed E-state index contributed by atoms with van der Waals surface area (Å²) in [6.45, 7) is 4.19. The highest BCUT2D eigenvalue weighted by Crippen LogP contribution is 2.37. The van der Waals surface area contributed by atoms with Crippen LogP contribution in [0.2, 0.25) is 0 Å². The summed E-state index contributed by atoms with van der Waals surface area (Å²) in [7, 11) is 3.76. The molecule has 0 radical (unpaired) electrons. The molecule has 1 fully saturated rings. The minimum Gasteiger partial charge on any atom is -0.508 e. The molecular formula is C26H29N5O2. The number of nitrogens with zero attached hydrogens (tertiary/aromatic N) is 2. The van der Waals surface area contributed by atoms with Crippen molar-refractivity contribution in [1.82, 2.24) is 9.88 Å². The van der Waals surface area contributed by atoms with E-state index in [2.05, 4.69) is 51.4 Å². The van der Waals surface area contributed by atoms with Crippen molar-refractivity contribution in [3.63, 3.8) is 0 Å². The number of rotatable bonds is 5. The maximum atomic E-state index is 9.73. The molecule has 4 aromatic rings. The monoisotopic (exact) mass is 443 g/mol. The molecule has 33 heavy (non-hydrogen) atoms. The lowest BCUT2D eigenvalue weighted by Gasteiger charge is -2.34. The van der Waals surface area contributed by atoms with Crippen LogP contribution >= 0.6 is 0 Å². The number of aromatic nitrogens is 1. The molecule has 0 spiro atoms. The van der Waals surface area contributed by atoms with Crippen LogP contribution in [0.4, 0.5) is 22.9 Å².